The summed E-state index contributed by atoms with van der Waals surface area (Å²) in [6.45, 7) is 1.69. The summed E-state index contributed by atoms with van der Waals surface area (Å²) < 4.78 is 27.9. The van der Waals surface area contributed by atoms with Crippen LogP contribution in [0.25, 0.3) is 0 Å². The zero-order valence-electron chi connectivity index (χ0n) is 15.7. The Morgan fingerprint density at radius 2 is 1.82 bits per heavy atom. The van der Waals surface area contributed by atoms with Crippen LogP contribution in [0.1, 0.15) is 42.9 Å². The molecule has 1 unspecified atom stereocenters. The van der Waals surface area contributed by atoms with Crippen LogP contribution in [0.3, 0.4) is 0 Å². The monoisotopic (exact) mass is 421 g/mol. The number of rotatable bonds is 8. The van der Waals surface area contributed by atoms with Crippen LogP contribution in [-0.2, 0) is 33.1 Å². The normalized spacial score (nSPS) is 15.8. The Labute approximate surface area is 170 Å². The smallest absolute Gasteiger partial charge is 0.315 e. The predicted octanol–water partition coefficient (Wildman–Crippen LogP) is 3.93. The average molecular weight is 422 g/mol. The topological polar surface area (TPSA) is 83.5 Å². The lowest BCUT2D eigenvalue weighted by Crippen LogP contribution is -2.46. The van der Waals surface area contributed by atoms with Gasteiger partial charge < -0.3 is 5.11 Å². The lowest BCUT2D eigenvalue weighted by molar-refractivity contribution is -0.144. The Kier molecular flexibility index (Phi) is 6.12. The summed E-state index contributed by atoms with van der Waals surface area (Å²) in [4.78, 5) is 12.4. The molecule has 0 amide bonds. The van der Waals surface area contributed by atoms with E-state index in [0.29, 0.717) is 23.4 Å². The van der Waals surface area contributed by atoms with Gasteiger partial charge in [0, 0.05) is 11.6 Å². The minimum absolute atomic E-state index is 0.0571. The molecule has 3 rings (SSSR count). The molecular weight excluding hydrogens is 398 g/mol. The lowest BCUT2D eigenvalue weighted by Gasteiger charge is -2.30. The first-order valence-electron chi connectivity index (χ1n) is 9.39. The van der Waals surface area contributed by atoms with Gasteiger partial charge in [-0.1, -0.05) is 43.1 Å². The van der Waals surface area contributed by atoms with Crippen molar-refractivity contribution >= 4 is 27.6 Å². The van der Waals surface area contributed by atoms with E-state index >= 15 is 0 Å². The molecule has 0 bridgehead atoms. The molecule has 2 aromatic rings. The number of carbonyl (C=O) groups is 1. The highest BCUT2D eigenvalue weighted by molar-refractivity contribution is 7.89. The van der Waals surface area contributed by atoms with Gasteiger partial charge in [0.1, 0.15) is 5.41 Å². The zero-order chi connectivity index (χ0) is 20.4. The van der Waals surface area contributed by atoms with Gasteiger partial charge in [0.15, 0.2) is 0 Å². The van der Waals surface area contributed by atoms with E-state index in [1.807, 2.05) is 25.1 Å². The number of halogens is 1. The molecular formula is C21H24ClNO4S. The third-order valence-electron chi connectivity index (χ3n) is 5.43. The van der Waals surface area contributed by atoms with Gasteiger partial charge in [-0.25, -0.2) is 13.1 Å². The van der Waals surface area contributed by atoms with Crippen molar-refractivity contribution in [3.63, 3.8) is 0 Å². The molecule has 7 heteroatoms. The Balaban J connectivity index is 1.94. The Morgan fingerprint density at radius 3 is 2.46 bits per heavy atom. The van der Waals surface area contributed by atoms with Crippen LogP contribution >= 0.6 is 11.6 Å². The quantitative estimate of drug-likeness (QED) is 0.676. The molecule has 0 saturated carbocycles. The van der Waals surface area contributed by atoms with Crippen molar-refractivity contribution in [3.05, 3.63) is 64.2 Å². The molecule has 5 nitrogen and oxygen atoms in total. The number of carboxylic acid groups (broad SMARTS) is 1. The molecule has 2 N–H and O–H groups in total. The number of aliphatic carboxylic acids is 1. The first-order chi connectivity index (χ1) is 13.3. The molecule has 0 saturated heterocycles. The SMILES string of the molecule is CCCC(CNS(=O)(=O)c1ccc(Cl)cc1)(C(=O)O)c1ccc2c(c1)CCC2. The van der Waals surface area contributed by atoms with E-state index in [1.165, 1.54) is 35.4 Å². The summed E-state index contributed by atoms with van der Waals surface area (Å²) >= 11 is 5.83. The third kappa shape index (κ3) is 4.09. The molecule has 0 heterocycles. The Hall–Kier alpha value is -1.89. The number of benzene rings is 2. The van der Waals surface area contributed by atoms with E-state index < -0.39 is 21.4 Å². The molecule has 1 aliphatic rings. The van der Waals surface area contributed by atoms with Crippen molar-refractivity contribution in [1.82, 2.24) is 4.72 Å². The molecule has 0 radical (unpaired) electrons. The minimum atomic E-state index is -3.85. The number of hydrogen-bond acceptors (Lipinski definition) is 3. The van der Waals surface area contributed by atoms with Gasteiger partial charge in [0.25, 0.3) is 0 Å². The van der Waals surface area contributed by atoms with Crippen LogP contribution in [0.5, 0.6) is 0 Å². The summed E-state index contributed by atoms with van der Waals surface area (Å²) in [5.74, 6) is -1.02. The van der Waals surface area contributed by atoms with E-state index in [-0.39, 0.29) is 11.4 Å². The van der Waals surface area contributed by atoms with Gasteiger partial charge in [-0.05, 0) is 66.6 Å². The highest BCUT2D eigenvalue weighted by atomic mass is 35.5. The highest BCUT2D eigenvalue weighted by Gasteiger charge is 2.41. The molecule has 1 atom stereocenters. The van der Waals surface area contributed by atoms with Crippen LogP contribution in [-0.4, -0.2) is 26.0 Å². The van der Waals surface area contributed by atoms with Crippen molar-refractivity contribution in [2.45, 2.75) is 49.3 Å². The predicted molar refractivity (Wildman–Crippen MR) is 109 cm³/mol. The van der Waals surface area contributed by atoms with Gasteiger partial charge >= 0.3 is 5.97 Å². The molecule has 150 valence electrons. The molecule has 0 aromatic heterocycles. The fourth-order valence-electron chi connectivity index (χ4n) is 3.85. The minimum Gasteiger partial charge on any atom is -0.481 e. The zero-order valence-corrected chi connectivity index (χ0v) is 17.3. The second-order valence-electron chi connectivity index (χ2n) is 7.25. The summed E-state index contributed by atoms with van der Waals surface area (Å²) in [6.07, 6.45) is 3.96. The van der Waals surface area contributed by atoms with Crippen LogP contribution in [0.4, 0.5) is 0 Å². The summed E-state index contributed by atoms with van der Waals surface area (Å²) in [7, 11) is -3.85. The first-order valence-corrected chi connectivity index (χ1v) is 11.3. The number of nitrogens with one attached hydrogen (secondary N) is 1. The second kappa shape index (κ2) is 8.23. The molecule has 0 fully saturated rings. The van der Waals surface area contributed by atoms with E-state index in [0.717, 1.165) is 19.3 Å². The highest BCUT2D eigenvalue weighted by Crippen LogP contribution is 2.34. The maximum atomic E-state index is 12.7. The second-order valence-corrected chi connectivity index (χ2v) is 9.46. The molecule has 28 heavy (non-hydrogen) atoms. The molecule has 0 spiro atoms. The van der Waals surface area contributed by atoms with E-state index in [4.69, 9.17) is 11.6 Å². The van der Waals surface area contributed by atoms with Crippen molar-refractivity contribution in [3.8, 4) is 0 Å². The number of carboxylic acids is 1. The average Bonchev–Trinajstić information content (AvgIpc) is 3.13. The molecule has 2 aromatic carbocycles. The molecule has 1 aliphatic carbocycles. The largest absolute Gasteiger partial charge is 0.481 e. The van der Waals surface area contributed by atoms with Gasteiger partial charge in [-0.2, -0.15) is 0 Å². The Morgan fingerprint density at radius 1 is 1.14 bits per heavy atom. The van der Waals surface area contributed by atoms with Crippen LogP contribution in [0, 0.1) is 0 Å². The van der Waals surface area contributed by atoms with E-state index in [2.05, 4.69) is 4.72 Å². The van der Waals surface area contributed by atoms with Gasteiger partial charge in [0.2, 0.25) is 10.0 Å². The van der Waals surface area contributed by atoms with Crippen LogP contribution in [0.2, 0.25) is 5.02 Å². The fourth-order valence-corrected chi connectivity index (χ4v) is 5.08. The standard InChI is InChI=1S/C21H24ClNO4S/c1-2-12-21(20(24)25,17-7-6-15-4-3-5-16(15)13-17)14-23-28(26,27)19-10-8-18(22)9-11-19/h6-11,13,23H,2-5,12,14H2,1H3,(H,24,25). The summed E-state index contributed by atoms with van der Waals surface area (Å²) in [5, 5.41) is 10.5. The number of hydrogen-bond donors (Lipinski definition) is 2. The third-order valence-corrected chi connectivity index (χ3v) is 7.09. The van der Waals surface area contributed by atoms with Gasteiger partial charge in [-0.3, -0.25) is 4.79 Å². The van der Waals surface area contributed by atoms with Crippen molar-refractivity contribution in [2.75, 3.05) is 6.54 Å². The maximum Gasteiger partial charge on any atom is 0.315 e. The number of aryl methyl sites for hydroxylation is 2. The first kappa shape index (κ1) is 20.8. The van der Waals surface area contributed by atoms with Crippen molar-refractivity contribution < 1.29 is 18.3 Å². The fraction of sp³-hybridized carbons (Fsp3) is 0.381. The van der Waals surface area contributed by atoms with E-state index in [9.17, 15) is 18.3 Å². The van der Waals surface area contributed by atoms with Crippen molar-refractivity contribution in [2.24, 2.45) is 0 Å². The van der Waals surface area contributed by atoms with E-state index in [1.54, 1.807) is 0 Å². The summed E-state index contributed by atoms with van der Waals surface area (Å²) in [5.41, 5.74) is 1.76. The number of fused-ring (bicyclic) bond motifs is 1. The van der Waals surface area contributed by atoms with Crippen molar-refractivity contribution in [1.29, 1.82) is 0 Å². The van der Waals surface area contributed by atoms with Gasteiger partial charge in [-0.15, -0.1) is 0 Å². The lowest BCUT2D eigenvalue weighted by atomic mass is 9.76. The molecule has 0 aliphatic heterocycles. The maximum absolute atomic E-state index is 12.7. The Bertz CT molecular complexity index is 972. The van der Waals surface area contributed by atoms with Crippen LogP contribution in [0.15, 0.2) is 47.4 Å². The summed E-state index contributed by atoms with van der Waals surface area (Å²) in [6, 6.07) is 11.6. The van der Waals surface area contributed by atoms with Crippen LogP contribution < -0.4 is 4.72 Å². The number of sulfonamides is 1. The van der Waals surface area contributed by atoms with Gasteiger partial charge in [0.05, 0.1) is 4.90 Å².